The number of aromatic nitrogens is 2. The van der Waals surface area contributed by atoms with Crippen LogP contribution < -0.4 is 5.32 Å². The fraction of sp³-hybridized carbons (Fsp3) is 0.643. The number of aromatic carboxylic acids is 1. The Hall–Kier alpha value is -1.65. The molecule has 1 aromatic heterocycles. The zero-order valence-corrected chi connectivity index (χ0v) is 11.7. The van der Waals surface area contributed by atoms with Crippen LogP contribution in [0.5, 0.6) is 0 Å². The molecule has 1 heterocycles. The van der Waals surface area contributed by atoms with Gasteiger partial charge in [-0.25, -0.2) is 14.8 Å². The van der Waals surface area contributed by atoms with Crippen LogP contribution in [-0.4, -0.2) is 27.1 Å². The van der Waals surface area contributed by atoms with Crippen LogP contribution in [-0.2, 0) is 0 Å². The van der Waals surface area contributed by atoms with Crippen molar-refractivity contribution in [1.82, 2.24) is 9.97 Å². The molecule has 1 aliphatic rings. The van der Waals surface area contributed by atoms with Gasteiger partial charge in [0.1, 0.15) is 0 Å². The number of rotatable bonds is 3. The van der Waals surface area contributed by atoms with Gasteiger partial charge in [-0.2, -0.15) is 0 Å². The van der Waals surface area contributed by atoms with Crippen LogP contribution in [0.25, 0.3) is 0 Å². The Morgan fingerprint density at radius 3 is 2.58 bits per heavy atom. The zero-order valence-electron chi connectivity index (χ0n) is 11.7. The fourth-order valence-corrected chi connectivity index (χ4v) is 2.47. The number of nitrogens with zero attached hydrogens (tertiary/aromatic N) is 2. The predicted molar refractivity (Wildman–Crippen MR) is 73.4 cm³/mol. The summed E-state index contributed by atoms with van der Waals surface area (Å²) in [4.78, 5) is 19.3. The highest BCUT2D eigenvalue weighted by atomic mass is 16.4. The van der Waals surface area contributed by atoms with Crippen molar-refractivity contribution >= 4 is 11.9 Å². The summed E-state index contributed by atoms with van der Waals surface area (Å²) in [5.74, 6) is -0.583. The van der Waals surface area contributed by atoms with E-state index < -0.39 is 5.97 Å². The number of anilines is 1. The lowest BCUT2D eigenvalue weighted by atomic mass is 9.76. The second-order valence-electron chi connectivity index (χ2n) is 6.11. The van der Waals surface area contributed by atoms with Gasteiger partial charge in [-0.1, -0.05) is 13.8 Å². The fourth-order valence-electron chi connectivity index (χ4n) is 2.47. The third-order valence-electron chi connectivity index (χ3n) is 3.75. The molecule has 0 unspecified atom stereocenters. The molecule has 2 N–H and O–H groups in total. The normalized spacial score (nSPS) is 19.1. The van der Waals surface area contributed by atoms with Crippen LogP contribution in [0.2, 0.25) is 0 Å². The van der Waals surface area contributed by atoms with Crippen LogP contribution in [0.15, 0.2) is 6.07 Å². The van der Waals surface area contributed by atoms with E-state index in [1.54, 1.807) is 6.92 Å². The Morgan fingerprint density at radius 2 is 2.00 bits per heavy atom. The molecule has 0 saturated heterocycles. The molecule has 0 radical (unpaired) electrons. The SMILES string of the molecule is Cc1cc(C(=O)O)nc(NC2CCC(C)(C)CC2)n1. The summed E-state index contributed by atoms with van der Waals surface area (Å²) in [6, 6.07) is 1.83. The van der Waals surface area contributed by atoms with Gasteiger partial charge >= 0.3 is 5.97 Å². The minimum absolute atomic E-state index is 0.0474. The second-order valence-corrected chi connectivity index (χ2v) is 6.11. The van der Waals surface area contributed by atoms with Crippen LogP contribution in [0, 0.1) is 12.3 Å². The molecule has 5 nitrogen and oxygen atoms in total. The topological polar surface area (TPSA) is 75.1 Å². The molecule has 5 heteroatoms. The van der Waals surface area contributed by atoms with Crippen LogP contribution in [0.3, 0.4) is 0 Å². The van der Waals surface area contributed by atoms with Crippen molar-refractivity contribution in [2.24, 2.45) is 5.41 Å². The number of aryl methyl sites for hydroxylation is 1. The van der Waals surface area contributed by atoms with Gasteiger partial charge in [0.25, 0.3) is 0 Å². The number of hydrogen-bond donors (Lipinski definition) is 2. The van der Waals surface area contributed by atoms with E-state index in [-0.39, 0.29) is 5.69 Å². The molecular weight excluding hydrogens is 242 g/mol. The lowest BCUT2D eigenvalue weighted by molar-refractivity contribution is 0.0690. The maximum absolute atomic E-state index is 11.0. The summed E-state index contributed by atoms with van der Waals surface area (Å²) < 4.78 is 0. The Kier molecular flexibility index (Phi) is 3.73. The highest BCUT2D eigenvalue weighted by Crippen LogP contribution is 2.35. The first-order valence-electron chi connectivity index (χ1n) is 6.71. The lowest BCUT2D eigenvalue weighted by Crippen LogP contribution is -2.30. The van der Waals surface area contributed by atoms with Gasteiger partial charge < -0.3 is 10.4 Å². The van der Waals surface area contributed by atoms with E-state index in [9.17, 15) is 4.79 Å². The zero-order chi connectivity index (χ0) is 14.0. The summed E-state index contributed by atoms with van der Waals surface area (Å²) in [6.45, 7) is 6.35. The standard InChI is InChI=1S/C14H21N3O2/c1-9-8-11(12(18)19)17-13(15-9)16-10-4-6-14(2,3)7-5-10/h8,10H,4-7H2,1-3H3,(H,18,19)(H,15,16,17). The van der Waals surface area contributed by atoms with Crippen molar-refractivity contribution in [1.29, 1.82) is 0 Å². The third-order valence-corrected chi connectivity index (χ3v) is 3.75. The van der Waals surface area contributed by atoms with Crippen LogP contribution in [0.4, 0.5) is 5.95 Å². The molecule has 0 bridgehead atoms. The Labute approximate surface area is 113 Å². The summed E-state index contributed by atoms with van der Waals surface area (Å²) >= 11 is 0. The first-order chi connectivity index (χ1) is 8.85. The molecule has 0 amide bonds. The van der Waals surface area contributed by atoms with Gasteiger partial charge in [0, 0.05) is 11.7 Å². The van der Waals surface area contributed by atoms with Crippen molar-refractivity contribution < 1.29 is 9.90 Å². The maximum atomic E-state index is 11.0. The van der Waals surface area contributed by atoms with Gasteiger partial charge in [-0.15, -0.1) is 0 Å². The molecule has 0 atom stereocenters. The number of carboxylic acid groups (broad SMARTS) is 1. The van der Waals surface area contributed by atoms with Crippen LogP contribution >= 0.6 is 0 Å². The average Bonchev–Trinajstić information content (AvgIpc) is 2.31. The first kappa shape index (κ1) is 13.8. The Balaban J connectivity index is 2.05. The Bertz CT molecular complexity index is 476. The monoisotopic (exact) mass is 263 g/mol. The van der Waals surface area contributed by atoms with E-state index in [1.807, 2.05) is 0 Å². The molecule has 19 heavy (non-hydrogen) atoms. The lowest BCUT2D eigenvalue weighted by Gasteiger charge is -2.34. The Morgan fingerprint density at radius 1 is 1.37 bits per heavy atom. The number of hydrogen-bond acceptors (Lipinski definition) is 4. The molecule has 2 rings (SSSR count). The van der Waals surface area contributed by atoms with Gasteiger partial charge in [0.2, 0.25) is 5.95 Å². The van der Waals surface area contributed by atoms with Crippen molar-refractivity contribution in [3.63, 3.8) is 0 Å². The molecule has 1 saturated carbocycles. The van der Waals surface area contributed by atoms with Gasteiger partial charge in [-0.05, 0) is 44.1 Å². The molecule has 0 spiro atoms. The smallest absolute Gasteiger partial charge is 0.354 e. The van der Waals surface area contributed by atoms with Crippen molar-refractivity contribution in [3.8, 4) is 0 Å². The van der Waals surface area contributed by atoms with Gasteiger partial charge in [-0.3, -0.25) is 0 Å². The third kappa shape index (κ3) is 3.66. The summed E-state index contributed by atoms with van der Waals surface area (Å²) in [7, 11) is 0. The second kappa shape index (κ2) is 5.15. The summed E-state index contributed by atoms with van der Waals surface area (Å²) in [5, 5.41) is 12.3. The molecule has 1 aliphatic carbocycles. The van der Waals surface area contributed by atoms with Crippen molar-refractivity contribution in [3.05, 3.63) is 17.5 Å². The number of carboxylic acids is 1. The van der Waals surface area contributed by atoms with Crippen LogP contribution in [0.1, 0.15) is 55.7 Å². The largest absolute Gasteiger partial charge is 0.477 e. The van der Waals surface area contributed by atoms with E-state index in [2.05, 4.69) is 29.1 Å². The minimum atomic E-state index is -1.02. The van der Waals surface area contributed by atoms with E-state index in [0.29, 0.717) is 23.1 Å². The molecule has 0 aliphatic heterocycles. The highest BCUT2D eigenvalue weighted by Gasteiger charge is 2.27. The van der Waals surface area contributed by atoms with E-state index in [0.717, 1.165) is 12.8 Å². The molecular formula is C14H21N3O2. The molecule has 0 aromatic carbocycles. The summed E-state index contributed by atoms with van der Waals surface area (Å²) in [5.41, 5.74) is 1.13. The molecule has 1 aromatic rings. The maximum Gasteiger partial charge on any atom is 0.354 e. The number of nitrogens with one attached hydrogen (secondary N) is 1. The van der Waals surface area contributed by atoms with E-state index >= 15 is 0 Å². The van der Waals surface area contributed by atoms with E-state index in [4.69, 9.17) is 5.11 Å². The van der Waals surface area contributed by atoms with Gasteiger partial charge in [0.15, 0.2) is 5.69 Å². The van der Waals surface area contributed by atoms with Gasteiger partial charge in [0.05, 0.1) is 0 Å². The quantitative estimate of drug-likeness (QED) is 0.877. The minimum Gasteiger partial charge on any atom is -0.477 e. The van der Waals surface area contributed by atoms with E-state index in [1.165, 1.54) is 18.9 Å². The highest BCUT2D eigenvalue weighted by molar-refractivity contribution is 5.85. The summed E-state index contributed by atoms with van der Waals surface area (Å²) in [6.07, 6.45) is 4.49. The molecule has 1 fully saturated rings. The van der Waals surface area contributed by atoms with Crippen molar-refractivity contribution in [2.75, 3.05) is 5.32 Å². The predicted octanol–water partition coefficient (Wildman–Crippen LogP) is 2.86. The number of carbonyl (C=O) groups is 1. The van der Waals surface area contributed by atoms with Crippen molar-refractivity contribution in [2.45, 2.75) is 52.5 Å². The average molecular weight is 263 g/mol. The first-order valence-corrected chi connectivity index (χ1v) is 6.71. The molecule has 104 valence electrons.